The molecule has 14 heavy (non-hydrogen) atoms. The zero-order valence-electron chi connectivity index (χ0n) is 9.28. The molecule has 0 N–H and O–H groups in total. The molecule has 0 amide bonds. The molecule has 0 bridgehead atoms. The minimum absolute atomic E-state index is 0.0741. The van der Waals surface area contributed by atoms with E-state index in [2.05, 4.69) is 54.6 Å². The zero-order valence-corrected chi connectivity index (χ0v) is 9.28. The summed E-state index contributed by atoms with van der Waals surface area (Å²) in [6.07, 6.45) is 5.30. The van der Waals surface area contributed by atoms with Crippen LogP contribution in [0, 0.1) is 0 Å². The molecule has 1 aromatic heterocycles. The number of hydrogen-bond acceptors (Lipinski definition) is 2. The summed E-state index contributed by atoms with van der Waals surface area (Å²) in [7, 11) is 0. The Morgan fingerprint density at radius 2 is 2.07 bits per heavy atom. The molecular weight excluding hydrogens is 174 g/mol. The summed E-state index contributed by atoms with van der Waals surface area (Å²) in [6, 6.07) is 0.485. The van der Waals surface area contributed by atoms with Crippen LogP contribution in [0.15, 0.2) is 6.08 Å². The van der Waals surface area contributed by atoms with Gasteiger partial charge >= 0.3 is 0 Å². The van der Waals surface area contributed by atoms with Crippen molar-refractivity contribution in [2.75, 3.05) is 0 Å². The standard InChI is InChI=1S/C11H17N3/c1-8-6-5-7-9-12-13-10(14(8)9)11(2,3)4/h5,7-8H,6H2,1-4H3. The van der Waals surface area contributed by atoms with E-state index in [4.69, 9.17) is 0 Å². The van der Waals surface area contributed by atoms with Crippen molar-refractivity contribution >= 4 is 6.08 Å². The molecule has 1 atom stereocenters. The van der Waals surface area contributed by atoms with E-state index in [9.17, 15) is 0 Å². The molecule has 76 valence electrons. The lowest BCUT2D eigenvalue weighted by Crippen LogP contribution is -2.22. The van der Waals surface area contributed by atoms with Crippen LogP contribution in [0.5, 0.6) is 0 Å². The third kappa shape index (κ3) is 1.37. The lowest BCUT2D eigenvalue weighted by atomic mass is 9.95. The van der Waals surface area contributed by atoms with Gasteiger partial charge in [0.1, 0.15) is 5.82 Å². The highest BCUT2D eigenvalue weighted by Crippen LogP contribution is 2.28. The molecule has 0 saturated heterocycles. The van der Waals surface area contributed by atoms with Crippen LogP contribution in [0.1, 0.15) is 51.8 Å². The highest BCUT2D eigenvalue weighted by Gasteiger charge is 2.26. The van der Waals surface area contributed by atoms with E-state index in [0.29, 0.717) is 6.04 Å². The molecule has 0 fully saturated rings. The Morgan fingerprint density at radius 1 is 1.36 bits per heavy atom. The number of rotatable bonds is 0. The molecular formula is C11H17N3. The molecule has 2 heterocycles. The molecule has 1 unspecified atom stereocenters. The van der Waals surface area contributed by atoms with Gasteiger partial charge in [0.2, 0.25) is 0 Å². The first-order chi connectivity index (χ1) is 6.50. The zero-order chi connectivity index (χ0) is 10.3. The topological polar surface area (TPSA) is 30.7 Å². The third-order valence-electron chi connectivity index (χ3n) is 2.58. The van der Waals surface area contributed by atoms with Crippen LogP contribution in [0.25, 0.3) is 6.08 Å². The fourth-order valence-electron chi connectivity index (χ4n) is 1.84. The Hall–Kier alpha value is -1.12. The van der Waals surface area contributed by atoms with E-state index in [-0.39, 0.29) is 5.41 Å². The molecule has 0 saturated carbocycles. The Kier molecular flexibility index (Phi) is 1.98. The van der Waals surface area contributed by atoms with Gasteiger partial charge in [-0.3, -0.25) is 0 Å². The van der Waals surface area contributed by atoms with E-state index >= 15 is 0 Å². The summed E-state index contributed by atoms with van der Waals surface area (Å²) < 4.78 is 2.25. The van der Waals surface area contributed by atoms with Crippen LogP contribution in [0.4, 0.5) is 0 Å². The fraction of sp³-hybridized carbons (Fsp3) is 0.636. The van der Waals surface area contributed by atoms with Crippen LogP contribution < -0.4 is 0 Å². The monoisotopic (exact) mass is 191 g/mol. The first-order valence-electron chi connectivity index (χ1n) is 5.12. The van der Waals surface area contributed by atoms with Crippen LogP contribution in [-0.4, -0.2) is 14.8 Å². The minimum atomic E-state index is 0.0741. The smallest absolute Gasteiger partial charge is 0.156 e. The van der Waals surface area contributed by atoms with Gasteiger partial charge < -0.3 is 4.57 Å². The van der Waals surface area contributed by atoms with E-state index in [1.54, 1.807) is 0 Å². The second-order valence-corrected chi connectivity index (χ2v) is 4.99. The van der Waals surface area contributed by atoms with Crippen molar-refractivity contribution in [2.24, 2.45) is 0 Å². The first kappa shape index (κ1) is 9.44. The molecule has 0 aliphatic carbocycles. The number of nitrogens with zero attached hydrogens (tertiary/aromatic N) is 3. The highest BCUT2D eigenvalue weighted by molar-refractivity contribution is 5.43. The second kappa shape index (κ2) is 2.94. The van der Waals surface area contributed by atoms with Gasteiger partial charge in [0.05, 0.1) is 0 Å². The molecule has 0 aromatic carbocycles. The maximum absolute atomic E-state index is 4.28. The lowest BCUT2D eigenvalue weighted by Gasteiger charge is -2.24. The van der Waals surface area contributed by atoms with Crippen LogP contribution in [-0.2, 0) is 5.41 Å². The van der Waals surface area contributed by atoms with Crippen molar-refractivity contribution in [3.05, 3.63) is 17.7 Å². The Morgan fingerprint density at radius 3 is 2.71 bits per heavy atom. The summed E-state index contributed by atoms with van der Waals surface area (Å²) in [5.41, 5.74) is 0.0741. The molecule has 1 aliphatic heterocycles. The SMILES string of the molecule is CC1CC=Cc2nnc(C(C)(C)C)n21. The van der Waals surface area contributed by atoms with Crippen molar-refractivity contribution in [3.8, 4) is 0 Å². The summed E-state index contributed by atoms with van der Waals surface area (Å²) >= 11 is 0. The number of aromatic nitrogens is 3. The van der Waals surface area contributed by atoms with E-state index in [1.165, 1.54) is 0 Å². The Labute approximate surface area is 84.8 Å². The molecule has 1 aromatic rings. The average Bonchev–Trinajstić information content (AvgIpc) is 2.47. The Bertz CT molecular complexity index is 368. The van der Waals surface area contributed by atoms with Crippen molar-refractivity contribution in [1.82, 2.24) is 14.8 Å². The lowest BCUT2D eigenvalue weighted by molar-refractivity contribution is 0.448. The van der Waals surface area contributed by atoms with E-state index in [1.807, 2.05) is 0 Å². The van der Waals surface area contributed by atoms with Gasteiger partial charge in [-0.1, -0.05) is 26.8 Å². The summed E-state index contributed by atoms with van der Waals surface area (Å²) in [5.74, 6) is 2.08. The molecule has 1 aliphatic rings. The van der Waals surface area contributed by atoms with Gasteiger partial charge in [-0.05, 0) is 19.4 Å². The molecule has 3 heteroatoms. The molecule has 0 spiro atoms. The normalized spacial score (nSPS) is 21.0. The quantitative estimate of drug-likeness (QED) is 0.631. The van der Waals surface area contributed by atoms with Gasteiger partial charge in [-0.2, -0.15) is 0 Å². The van der Waals surface area contributed by atoms with Crippen LogP contribution >= 0.6 is 0 Å². The van der Waals surface area contributed by atoms with Gasteiger partial charge in [-0.15, -0.1) is 10.2 Å². The predicted molar refractivity (Wildman–Crippen MR) is 57.1 cm³/mol. The maximum Gasteiger partial charge on any atom is 0.156 e. The van der Waals surface area contributed by atoms with Crippen molar-refractivity contribution in [1.29, 1.82) is 0 Å². The van der Waals surface area contributed by atoms with Crippen LogP contribution in [0.3, 0.4) is 0 Å². The van der Waals surface area contributed by atoms with Crippen molar-refractivity contribution < 1.29 is 0 Å². The van der Waals surface area contributed by atoms with Crippen molar-refractivity contribution in [3.63, 3.8) is 0 Å². The van der Waals surface area contributed by atoms with E-state index in [0.717, 1.165) is 18.1 Å². The summed E-state index contributed by atoms with van der Waals surface area (Å²) in [4.78, 5) is 0. The molecule has 0 radical (unpaired) electrons. The minimum Gasteiger partial charge on any atom is -0.308 e. The predicted octanol–water partition coefficient (Wildman–Crippen LogP) is 2.55. The van der Waals surface area contributed by atoms with Gasteiger partial charge in [0.25, 0.3) is 0 Å². The number of allylic oxidation sites excluding steroid dienone is 1. The van der Waals surface area contributed by atoms with Gasteiger partial charge in [-0.25, -0.2) is 0 Å². The third-order valence-corrected chi connectivity index (χ3v) is 2.58. The average molecular weight is 191 g/mol. The van der Waals surface area contributed by atoms with Gasteiger partial charge in [0, 0.05) is 11.5 Å². The van der Waals surface area contributed by atoms with Crippen LogP contribution in [0.2, 0.25) is 0 Å². The van der Waals surface area contributed by atoms with Crippen molar-refractivity contribution in [2.45, 2.75) is 45.6 Å². The molecule has 2 rings (SSSR count). The number of fused-ring (bicyclic) bond motifs is 1. The van der Waals surface area contributed by atoms with E-state index < -0.39 is 0 Å². The molecule has 3 nitrogen and oxygen atoms in total. The fourth-order valence-corrected chi connectivity index (χ4v) is 1.84. The highest BCUT2D eigenvalue weighted by atomic mass is 15.3. The summed E-state index contributed by atoms with van der Waals surface area (Å²) in [5, 5.41) is 8.48. The first-order valence-corrected chi connectivity index (χ1v) is 5.12. The maximum atomic E-state index is 4.28. The number of hydrogen-bond donors (Lipinski definition) is 0. The van der Waals surface area contributed by atoms with Gasteiger partial charge in [0.15, 0.2) is 5.82 Å². The Balaban J connectivity index is 2.55. The largest absolute Gasteiger partial charge is 0.308 e. The second-order valence-electron chi connectivity index (χ2n) is 4.99. The summed E-state index contributed by atoms with van der Waals surface area (Å²) in [6.45, 7) is 8.74.